The number of hydrogen-bond acceptors (Lipinski definition) is 3. The number of fused-ring (bicyclic) bond motifs is 1. The molecule has 1 fully saturated rings. The van der Waals surface area contributed by atoms with Crippen LogP contribution in [0.25, 0.3) is 0 Å². The van der Waals surface area contributed by atoms with Crippen molar-refractivity contribution < 1.29 is 4.79 Å². The number of nitrogens with zero attached hydrogens (tertiary/aromatic N) is 1. The van der Waals surface area contributed by atoms with Gasteiger partial charge in [-0.3, -0.25) is 4.79 Å². The highest BCUT2D eigenvalue weighted by Crippen LogP contribution is 2.32. The van der Waals surface area contributed by atoms with Crippen LogP contribution in [0.3, 0.4) is 0 Å². The van der Waals surface area contributed by atoms with Crippen molar-refractivity contribution in [2.24, 2.45) is 0 Å². The highest BCUT2D eigenvalue weighted by atomic mass is 32.2. The van der Waals surface area contributed by atoms with Gasteiger partial charge in [-0.2, -0.15) is 11.8 Å². The van der Waals surface area contributed by atoms with E-state index < -0.39 is 0 Å². The third-order valence-electron chi connectivity index (χ3n) is 4.31. The van der Waals surface area contributed by atoms with Crippen LogP contribution in [-0.2, 0) is 11.2 Å². The van der Waals surface area contributed by atoms with Crippen molar-refractivity contribution in [3.8, 4) is 0 Å². The molecule has 1 N–H and O–H groups in total. The van der Waals surface area contributed by atoms with Crippen LogP contribution >= 0.6 is 11.8 Å². The van der Waals surface area contributed by atoms with E-state index in [2.05, 4.69) is 42.2 Å². The first-order valence-electron chi connectivity index (χ1n) is 7.44. The van der Waals surface area contributed by atoms with Crippen LogP contribution in [0.2, 0.25) is 0 Å². The summed E-state index contributed by atoms with van der Waals surface area (Å²) < 4.78 is 0. The Kier molecular flexibility index (Phi) is 3.92. The SMILES string of the molecule is CC(=O)N1CCc2cc(NC3CCCSC3C)ccc21. The number of amides is 1. The summed E-state index contributed by atoms with van der Waals surface area (Å²) in [6, 6.07) is 7.00. The Labute approximate surface area is 125 Å². The van der Waals surface area contributed by atoms with E-state index in [0.717, 1.165) is 18.7 Å². The van der Waals surface area contributed by atoms with Gasteiger partial charge >= 0.3 is 0 Å². The van der Waals surface area contributed by atoms with Crippen LogP contribution in [0.5, 0.6) is 0 Å². The van der Waals surface area contributed by atoms with E-state index in [1.807, 2.05) is 4.90 Å². The third-order valence-corrected chi connectivity index (χ3v) is 5.69. The van der Waals surface area contributed by atoms with Gasteiger partial charge in [-0.25, -0.2) is 0 Å². The van der Waals surface area contributed by atoms with Gasteiger partial charge in [0.2, 0.25) is 5.91 Å². The minimum absolute atomic E-state index is 0.141. The molecule has 2 unspecified atom stereocenters. The average molecular weight is 290 g/mol. The number of benzene rings is 1. The smallest absolute Gasteiger partial charge is 0.223 e. The van der Waals surface area contributed by atoms with Gasteiger partial charge in [0.05, 0.1) is 0 Å². The van der Waals surface area contributed by atoms with Gasteiger partial charge in [0, 0.05) is 36.1 Å². The van der Waals surface area contributed by atoms with Gasteiger partial charge < -0.3 is 10.2 Å². The highest BCUT2D eigenvalue weighted by molar-refractivity contribution is 8.00. The zero-order chi connectivity index (χ0) is 14.1. The Morgan fingerprint density at radius 3 is 3.05 bits per heavy atom. The molecule has 0 aliphatic carbocycles. The predicted molar refractivity (Wildman–Crippen MR) is 86.7 cm³/mol. The van der Waals surface area contributed by atoms with E-state index in [0.29, 0.717) is 11.3 Å². The quantitative estimate of drug-likeness (QED) is 0.907. The summed E-state index contributed by atoms with van der Waals surface area (Å²) in [6.07, 6.45) is 3.53. The molecule has 0 bridgehead atoms. The molecule has 0 spiro atoms. The van der Waals surface area contributed by atoms with Crippen LogP contribution in [-0.4, -0.2) is 29.5 Å². The summed E-state index contributed by atoms with van der Waals surface area (Å²) in [7, 11) is 0. The van der Waals surface area contributed by atoms with E-state index >= 15 is 0 Å². The number of thioether (sulfide) groups is 1. The highest BCUT2D eigenvalue weighted by Gasteiger charge is 2.24. The Morgan fingerprint density at radius 1 is 1.45 bits per heavy atom. The predicted octanol–water partition coefficient (Wildman–Crippen LogP) is 3.29. The number of rotatable bonds is 2. The zero-order valence-electron chi connectivity index (χ0n) is 12.2. The Hall–Kier alpha value is -1.16. The van der Waals surface area contributed by atoms with E-state index in [1.165, 1.54) is 29.8 Å². The van der Waals surface area contributed by atoms with Gasteiger partial charge in [0.25, 0.3) is 0 Å². The monoisotopic (exact) mass is 290 g/mol. The lowest BCUT2D eigenvalue weighted by atomic mass is 10.1. The van der Waals surface area contributed by atoms with Gasteiger partial charge in [0.1, 0.15) is 0 Å². The molecule has 20 heavy (non-hydrogen) atoms. The molecular weight excluding hydrogens is 268 g/mol. The van der Waals surface area contributed by atoms with Gasteiger partial charge in [-0.05, 0) is 48.8 Å². The van der Waals surface area contributed by atoms with Crippen molar-refractivity contribution >= 4 is 29.0 Å². The van der Waals surface area contributed by atoms with Gasteiger partial charge in [-0.1, -0.05) is 6.92 Å². The maximum Gasteiger partial charge on any atom is 0.223 e. The van der Waals surface area contributed by atoms with Crippen LogP contribution in [0.4, 0.5) is 11.4 Å². The molecule has 4 heteroatoms. The van der Waals surface area contributed by atoms with E-state index in [4.69, 9.17) is 0 Å². The third kappa shape index (κ3) is 2.66. The topological polar surface area (TPSA) is 32.3 Å². The molecular formula is C16H22N2OS. The molecule has 2 aliphatic heterocycles. The fourth-order valence-corrected chi connectivity index (χ4v) is 4.29. The number of nitrogens with one attached hydrogen (secondary N) is 1. The summed E-state index contributed by atoms with van der Waals surface area (Å²) >= 11 is 2.06. The molecule has 0 aromatic heterocycles. The van der Waals surface area contributed by atoms with E-state index in [9.17, 15) is 4.79 Å². The fourth-order valence-electron chi connectivity index (χ4n) is 3.15. The second-order valence-corrected chi connectivity index (χ2v) is 7.22. The summed E-state index contributed by atoms with van der Waals surface area (Å²) in [5.41, 5.74) is 3.59. The molecule has 1 amide bonds. The van der Waals surface area contributed by atoms with Crippen LogP contribution in [0, 0.1) is 0 Å². The van der Waals surface area contributed by atoms with Crippen LogP contribution < -0.4 is 10.2 Å². The first kappa shape index (κ1) is 13.8. The Morgan fingerprint density at radius 2 is 2.30 bits per heavy atom. The molecule has 0 radical (unpaired) electrons. The Bertz CT molecular complexity index is 517. The molecule has 2 atom stereocenters. The maximum absolute atomic E-state index is 11.6. The molecule has 2 heterocycles. The Balaban J connectivity index is 1.75. The first-order chi connectivity index (χ1) is 9.65. The lowest BCUT2D eigenvalue weighted by Gasteiger charge is -2.30. The van der Waals surface area contributed by atoms with Crippen molar-refractivity contribution in [1.82, 2.24) is 0 Å². The molecule has 108 valence electrons. The summed E-state index contributed by atoms with van der Waals surface area (Å²) in [6.45, 7) is 4.78. The summed E-state index contributed by atoms with van der Waals surface area (Å²) in [5.74, 6) is 1.43. The summed E-state index contributed by atoms with van der Waals surface area (Å²) in [5, 5.41) is 4.35. The van der Waals surface area contributed by atoms with Crippen LogP contribution in [0.1, 0.15) is 32.3 Å². The summed E-state index contributed by atoms with van der Waals surface area (Å²) in [4.78, 5) is 13.4. The number of carbonyl (C=O) groups is 1. The molecule has 1 aromatic rings. The molecule has 1 aromatic carbocycles. The molecule has 0 saturated carbocycles. The average Bonchev–Trinajstić information content (AvgIpc) is 2.84. The minimum atomic E-state index is 0.141. The molecule has 2 aliphatic rings. The van der Waals surface area contributed by atoms with Crippen molar-refractivity contribution in [2.45, 2.75) is 44.4 Å². The lowest BCUT2D eigenvalue weighted by molar-refractivity contribution is -0.116. The first-order valence-corrected chi connectivity index (χ1v) is 8.49. The number of carbonyl (C=O) groups excluding carboxylic acids is 1. The van der Waals surface area contributed by atoms with Gasteiger partial charge in [-0.15, -0.1) is 0 Å². The standard InChI is InChI=1S/C16H22N2OS/c1-11-15(4-3-9-20-11)17-14-5-6-16-13(10-14)7-8-18(16)12(2)19/h5-6,10-11,15,17H,3-4,7-9H2,1-2H3. The molecule has 3 nitrogen and oxygen atoms in total. The molecule has 1 saturated heterocycles. The normalized spacial score (nSPS) is 25.4. The minimum Gasteiger partial charge on any atom is -0.381 e. The van der Waals surface area contributed by atoms with Crippen LogP contribution in [0.15, 0.2) is 18.2 Å². The van der Waals surface area contributed by atoms with E-state index in [-0.39, 0.29) is 5.91 Å². The van der Waals surface area contributed by atoms with Crippen molar-refractivity contribution in [3.05, 3.63) is 23.8 Å². The van der Waals surface area contributed by atoms with Crippen molar-refractivity contribution in [2.75, 3.05) is 22.5 Å². The maximum atomic E-state index is 11.6. The van der Waals surface area contributed by atoms with Crippen molar-refractivity contribution in [1.29, 1.82) is 0 Å². The molecule has 3 rings (SSSR count). The van der Waals surface area contributed by atoms with Crippen molar-refractivity contribution in [3.63, 3.8) is 0 Å². The van der Waals surface area contributed by atoms with Gasteiger partial charge in [0.15, 0.2) is 0 Å². The fraction of sp³-hybridized carbons (Fsp3) is 0.562. The second kappa shape index (κ2) is 5.68. The number of anilines is 2. The lowest BCUT2D eigenvalue weighted by Crippen LogP contribution is -2.32. The largest absolute Gasteiger partial charge is 0.381 e. The number of hydrogen-bond donors (Lipinski definition) is 1. The van der Waals surface area contributed by atoms with E-state index in [1.54, 1.807) is 6.92 Å². The zero-order valence-corrected chi connectivity index (χ0v) is 13.0. The second-order valence-electron chi connectivity index (χ2n) is 5.73.